The molecular formula is C15H29N. The minimum Gasteiger partial charge on any atom is -0.378 e. The molecule has 0 aromatic rings. The molecule has 1 nitrogen and oxygen atoms in total. The van der Waals surface area contributed by atoms with Crippen LogP contribution in [0.25, 0.3) is 0 Å². The molecule has 0 spiro atoms. The lowest BCUT2D eigenvalue weighted by Crippen LogP contribution is -2.24. The standard InChI is InChI=1S/C15H29N/c1-2-3-4-5-6-7-8-10-13-16-14-11-9-12-15-16/h10,13H,2-9,11-12,14-15H2,1H3/b13-10+. The first-order valence-corrected chi connectivity index (χ1v) is 7.34. The molecule has 0 radical (unpaired) electrons. The number of hydrogen-bond acceptors (Lipinski definition) is 1. The van der Waals surface area contributed by atoms with Gasteiger partial charge in [-0.3, -0.25) is 0 Å². The van der Waals surface area contributed by atoms with Crippen molar-refractivity contribution in [3.8, 4) is 0 Å². The molecule has 0 atom stereocenters. The molecule has 1 heterocycles. The summed E-state index contributed by atoms with van der Waals surface area (Å²) in [5, 5.41) is 0. The fraction of sp³-hybridized carbons (Fsp3) is 0.867. The number of piperidine rings is 1. The van der Waals surface area contributed by atoms with Crippen LogP contribution >= 0.6 is 0 Å². The number of likely N-dealkylation sites (tertiary alicyclic amines) is 1. The maximum Gasteiger partial charge on any atom is 0.0172 e. The Hall–Kier alpha value is -0.460. The maximum absolute atomic E-state index is 2.49. The van der Waals surface area contributed by atoms with Gasteiger partial charge in [-0.1, -0.05) is 45.1 Å². The lowest BCUT2D eigenvalue weighted by Gasteiger charge is -2.24. The van der Waals surface area contributed by atoms with E-state index in [0.29, 0.717) is 0 Å². The van der Waals surface area contributed by atoms with Gasteiger partial charge in [0.25, 0.3) is 0 Å². The van der Waals surface area contributed by atoms with Gasteiger partial charge in [0, 0.05) is 13.1 Å². The molecule has 1 rings (SSSR count). The monoisotopic (exact) mass is 223 g/mol. The molecule has 0 saturated carbocycles. The second-order valence-corrected chi connectivity index (χ2v) is 5.04. The fourth-order valence-electron chi connectivity index (χ4n) is 2.33. The predicted octanol–water partition coefficient (Wildman–Crippen LogP) is 4.74. The summed E-state index contributed by atoms with van der Waals surface area (Å²) in [5.41, 5.74) is 0. The first kappa shape index (κ1) is 13.6. The molecule has 16 heavy (non-hydrogen) atoms. The Morgan fingerprint density at radius 2 is 1.56 bits per heavy atom. The van der Waals surface area contributed by atoms with Crippen LogP contribution in [0.4, 0.5) is 0 Å². The van der Waals surface area contributed by atoms with Crippen molar-refractivity contribution >= 4 is 0 Å². The van der Waals surface area contributed by atoms with Crippen LogP contribution in [-0.2, 0) is 0 Å². The Bertz CT molecular complexity index is 168. The summed E-state index contributed by atoms with van der Waals surface area (Å²) in [6, 6.07) is 0. The van der Waals surface area contributed by atoms with Crippen molar-refractivity contribution < 1.29 is 0 Å². The molecule has 94 valence electrons. The smallest absolute Gasteiger partial charge is 0.0172 e. The fourth-order valence-corrected chi connectivity index (χ4v) is 2.33. The van der Waals surface area contributed by atoms with E-state index < -0.39 is 0 Å². The highest BCUT2D eigenvalue weighted by atomic mass is 15.1. The Morgan fingerprint density at radius 3 is 2.31 bits per heavy atom. The van der Waals surface area contributed by atoms with Crippen LogP contribution in [0, 0.1) is 0 Å². The van der Waals surface area contributed by atoms with Gasteiger partial charge in [0.15, 0.2) is 0 Å². The predicted molar refractivity (Wildman–Crippen MR) is 72.6 cm³/mol. The highest BCUT2D eigenvalue weighted by molar-refractivity contribution is 4.83. The van der Waals surface area contributed by atoms with Gasteiger partial charge in [0.1, 0.15) is 0 Å². The van der Waals surface area contributed by atoms with E-state index >= 15 is 0 Å². The summed E-state index contributed by atoms with van der Waals surface area (Å²) in [7, 11) is 0. The van der Waals surface area contributed by atoms with Crippen molar-refractivity contribution in [3.63, 3.8) is 0 Å². The molecule has 0 amide bonds. The molecule has 0 unspecified atom stereocenters. The molecule has 1 aliphatic heterocycles. The van der Waals surface area contributed by atoms with Crippen LogP contribution in [-0.4, -0.2) is 18.0 Å². The molecular weight excluding hydrogens is 194 g/mol. The normalized spacial score (nSPS) is 17.2. The molecule has 1 fully saturated rings. The van der Waals surface area contributed by atoms with E-state index in [1.54, 1.807) is 0 Å². The van der Waals surface area contributed by atoms with Gasteiger partial charge in [-0.25, -0.2) is 0 Å². The number of allylic oxidation sites excluding steroid dienone is 1. The van der Waals surface area contributed by atoms with Gasteiger partial charge >= 0.3 is 0 Å². The summed E-state index contributed by atoms with van der Waals surface area (Å²) in [4.78, 5) is 2.49. The molecule has 1 aliphatic rings. The van der Waals surface area contributed by atoms with Gasteiger partial charge < -0.3 is 4.90 Å². The zero-order chi connectivity index (χ0) is 11.5. The highest BCUT2D eigenvalue weighted by Crippen LogP contribution is 2.10. The van der Waals surface area contributed by atoms with Gasteiger partial charge in [-0.05, 0) is 38.3 Å². The lowest BCUT2D eigenvalue weighted by molar-refractivity contribution is 0.308. The number of nitrogens with zero attached hydrogens (tertiary/aromatic N) is 1. The van der Waals surface area contributed by atoms with E-state index in [2.05, 4.69) is 24.1 Å². The molecule has 0 bridgehead atoms. The molecule has 0 aromatic carbocycles. The minimum atomic E-state index is 1.28. The quantitative estimate of drug-likeness (QED) is 0.537. The third kappa shape index (κ3) is 6.92. The van der Waals surface area contributed by atoms with E-state index in [0.717, 1.165) is 0 Å². The SMILES string of the molecule is CCCCCCCC/C=C/N1CCCCC1. The third-order valence-electron chi connectivity index (χ3n) is 3.43. The van der Waals surface area contributed by atoms with Gasteiger partial charge in [-0.15, -0.1) is 0 Å². The van der Waals surface area contributed by atoms with E-state index in [1.165, 1.54) is 77.3 Å². The summed E-state index contributed by atoms with van der Waals surface area (Å²) < 4.78 is 0. The van der Waals surface area contributed by atoms with Gasteiger partial charge in [-0.2, -0.15) is 0 Å². The summed E-state index contributed by atoms with van der Waals surface area (Å²) in [6.07, 6.45) is 18.7. The molecule has 1 saturated heterocycles. The number of unbranched alkanes of at least 4 members (excludes halogenated alkanes) is 6. The van der Waals surface area contributed by atoms with Crippen molar-refractivity contribution in [1.82, 2.24) is 4.90 Å². The average molecular weight is 223 g/mol. The summed E-state index contributed by atoms with van der Waals surface area (Å²) >= 11 is 0. The van der Waals surface area contributed by atoms with Crippen molar-refractivity contribution in [2.24, 2.45) is 0 Å². The second kappa shape index (κ2) is 9.74. The van der Waals surface area contributed by atoms with Crippen LogP contribution in [0.5, 0.6) is 0 Å². The third-order valence-corrected chi connectivity index (χ3v) is 3.43. The maximum atomic E-state index is 2.49. The van der Waals surface area contributed by atoms with Crippen molar-refractivity contribution in [3.05, 3.63) is 12.3 Å². The van der Waals surface area contributed by atoms with E-state index in [1.807, 2.05) is 0 Å². The summed E-state index contributed by atoms with van der Waals surface area (Å²) in [5.74, 6) is 0. The summed E-state index contributed by atoms with van der Waals surface area (Å²) in [6.45, 7) is 4.85. The zero-order valence-electron chi connectivity index (χ0n) is 11.1. The van der Waals surface area contributed by atoms with Crippen molar-refractivity contribution in [2.75, 3.05) is 13.1 Å². The van der Waals surface area contributed by atoms with Crippen molar-refractivity contribution in [1.29, 1.82) is 0 Å². The second-order valence-electron chi connectivity index (χ2n) is 5.04. The molecule has 0 N–H and O–H groups in total. The molecule has 0 aliphatic carbocycles. The first-order valence-electron chi connectivity index (χ1n) is 7.34. The van der Waals surface area contributed by atoms with Crippen LogP contribution in [0.15, 0.2) is 12.3 Å². The number of rotatable bonds is 8. The largest absolute Gasteiger partial charge is 0.378 e. The van der Waals surface area contributed by atoms with Crippen molar-refractivity contribution in [2.45, 2.75) is 71.1 Å². The topological polar surface area (TPSA) is 3.24 Å². The Balaban J connectivity index is 1.87. The number of hydrogen-bond donors (Lipinski definition) is 0. The lowest BCUT2D eigenvalue weighted by atomic mass is 10.1. The highest BCUT2D eigenvalue weighted by Gasteiger charge is 2.04. The van der Waals surface area contributed by atoms with E-state index in [9.17, 15) is 0 Å². The van der Waals surface area contributed by atoms with Crippen LogP contribution in [0.3, 0.4) is 0 Å². The molecule has 1 heteroatoms. The Morgan fingerprint density at radius 1 is 0.875 bits per heavy atom. The Labute approximate surface area is 102 Å². The molecule has 0 aromatic heterocycles. The zero-order valence-corrected chi connectivity index (χ0v) is 11.1. The van der Waals surface area contributed by atoms with E-state index in [4.69, 9.17) is 0 Å². The average Bonchev–Trinajstić information content (AvgIpc) is 2.34. The van der Waals surface area contributed by atoms with E-state index in [-0.39, 0.29) is 0 Å². The first-order chi connectivity index (χ1) is 7.93. The van der Waals surface area contributed by atoms with Crippen LogP contribution < -0.4 is 0 Å². The Kier molecular flexibility index (Phi) is 8.28. The van der Waals surface area contributed by atoms with Gasteiger partial charge in [0.05, 0.1) is 0 Å². The van der Waals surface area contributed by atoms with Crippen LogP contribution in [0.1, 0.15) is 71.1 Å². The minimum absolute atomic E-state index is 1.28. The van der Waals surface area contributed by atoms with Gasteiger partial charge in [0.2, 0.25) is 0 Å². The van der Waals surface area contributed by atoms with Crippen LogP contribution in [0.2, 0.25) is 0 Å².